The molecule has 1 aliphatic carbocycles. The number of aliphatic hydroxyl groups excluding tert-OH is 2. The summed E-state index contributed by atoms with van der Waals surface area (Å²) in [7, 11) is 2.70. The van der Waals surface area contributed by atoms with Gasteiger partial charge in [0.2, 0.25) is 11.8 Å². The number of aliphatic hydroxyl groups is 2. The van der Waals surface area contributed by atoms with Crippen LogP contribution < -0.4 is 10.6 Å². The number of nitrogens with one attached hydrogen (secondary N) is 2. The van der Waals surface area contributed by atoms with Crippen LogP contribution in [0.3, 0.4) is 0 Å². The molecule has 1 aliphatic rings. The Morgan fingerprint density at radius 3 is 2.41 bits per heavy atom. The SMILES string of the molecule is C=C[C@H](O)[C@H](O)[C@H](CC1CCCCC1)NC(=O)[C@H](C)CNC(=O)[C@H](Cc1ccccc1)CS(=O)CCN(C)C. The first-order chi connectivity index (χ1) is 18.6. The van der Waals surface area contributed by atoms with Crippen molar-refractivity contribution in [2.24, 2.45) is 17.8 Å². The smallest absolute Gasteiger partial charge is 0.224 e. The third-order valence-electron chi connectivity index (χ3n) is 7.52. The van der Waals surface area contributed by atoms with Gasteiger partial charge in [0.1, 0.15) is 6.10 Å². The second-order valence-corrected chi connectivity index (χ2v) is 12.8. The summed E-state index contributed by atoms with van der Waals surface area (Å²) in [6.07, 6.45) is 5.63. The molecule has 1 unspecified atom stereocenters. The Morgan fingerprint density at radius 1 is 1.13 bits per heavy atom. The van der Waals surface area contributed by atoms with Crippen LogP contribution in [0.5, 0.6) is 0 Å². The average molecular weight is 564 g/mol. The summed E-state index contributed by atoms with van der Waals surface area (Å²) in [5.41, 5.74) is 0.994. The van der Waals surface area contributed by atoms with E-state index in [-0.39, 0.29) is 24.1 Å². The summed E-state index contributed by atoms with van der Waals surface area (Å²) in [5.74, 6) is -0.409. The van der Waals surface area contributed by atoms with Crippen molar-refractivity contribution in [1.29, 1.82) is 0 Å². The fourth-order valence-electron chi connectivity index (χ4n) is 4.98. The van der Waals surface area contributed by atoms with Gasteiger partial charge in [0.15, 0.2) is 0 Å². The maximum Gasteiger partial charge on any atom is 0.224 e. The third kappa shape index (κ3) is 12.3. The molecule has 1 aromatic carbocycles. The number of nitrogens with zero attached hydrogens (tertiary/aromatic N) is 1. The van der Waals surface area contributed by atoms with Crippen LogP contribution >= 0.6 is 0 Å². The number of amides is 2. The largest absolute Gasteiger partial charge is 0.388 e. The van der Waals surface area contributed by atoms with Crippen LogP contribution in [0.1, 0.15) is 51.0 Å². The third-order valence-corrected chi connectivity index (χ3v) is 8.93. The van der Waals surface area contributed by atoms with E-state index in [0.717, 1.165) is 31.2 Å². The minimum absolute atomic E-state index is 0.122. The first kappa shape index (κ1) is 33.1. The molecule has 2 rings (SSSR count). The molecule has 9 heteroatoms. The van der Waals surface area contributed by atoms with Gasteiger partial charge in [-0.15, -0.1) is 6.58 Å². The number of hydrogen-bond acceptors (Lipinski definition) is 6. The van der Waals surface area contributed by atoms with E-state index in [1.807, 2.05) is 49.3 Å². The van der Waals surface area contributed by atoms with Gasteiger partial charge < -0.3 is 25.7 Å². The molecule has 0 aliphatic heterocycles. The maximum absolute atomic E-state index is 13.2. The van der Waals surface area contributed by atoms with E-state index in [1.54, 1.807) is 6.92 Å². The van der Waals surface area contributed by atoms with Crippen molar-refractivity contribution in [2.75, 3.05) is 38.7 Å². The summed E-state index contributed by atoms with van der Waals surface area (Å²) < 4.78 is 12.7. The lowest BCUT2D eigenvalue weighted by molar-refractivity contribution is -0.128. The van der Waals surface area contributed by atoms with Gasteiger partial charge in [0.05, 0.1) is 24.0 Å². The molecular formula is C30H49N3O5S. The Hall–Kier alpha value is -2.07. The monoisotopic (exact) mass is 563 g/mol. The van der Waals surface area contributed by atoms with Crippen molar-refractivity contribution in [3.8, 4) is 0 Å². The molecule has 1 aromatic rings. The van der Waals surface area contributed by atoms with E-state index in [1.165, 1.54) is 12.5 Å². The topological polar surface area (TPSA) is 119 Å². The normalized spacial score (nSPS) is 18.9. The van der Waals surface area contributed by atoms with Crippen LogP contribution in [0, 0.1) is 17.8 Å². The van der Waals surface area contributed by atoms with Gasteiger partial charge in [-0.25, -0.2) is 0 Å². The lowest BCUT2D eigenvalue weighted by Gasteiger charge is -2.32. The Labute approximate surface area is 237 Å². The summed E-state index contributed by atoms with van der Waals surface area (Å²) in [5, 5.41) is 26.7. The zero-order valence-corrected chi connectivity index (χ0v) is 24.7. The van der Waals surface area contributed by atoms with Crippen LogP contribution in [0.15, 0.2) is 43.0 Å². The highest BCUT2D eigenvalue weighted by molar-refractivity contribution is 7.85. The minimum atomic E-state index is -1.15. The number of carbonyl (C=O) groups excluding carboxylic acids is 2. The summed E-state index contributed by atoms with van der Waals surface area (Å²) in [6, 6.07) is 9.06. The summed E-state index contributed by atoms with van der Waals surface area (Å²) in [4.78, 5) is 28.2. The second kappa shape index (κ2) is 17.6. The van der Waals surface area contributed by atoms with Gasteiger partial charge in [-0.3, -0.25) is 13.8 Å². The molecule has 0 spiro atoms. The number of carbonyl (C=O) groups is 2. The Balaban J connectivity index is 1.99. The van der Waals surface area contributed by atoms with Gasteiger partial charge in [-0.1, -0.05) is 75.4 Å². The molecule has 0 aromatic heterocycles. The lowest BCUT2D eigenvalue weighted by atomic mass is 9.83. The number of hydrogen-bond donors (Lipinski definition) is 4. The molecule has 1 saturated carbocycles. The van der Waals surface area contributed by atoms with Crippen molar-refractivity contribution >= 4 is 22.6 Å². The molecule has 0 radical (unpaired) electrons. The van der Waals surface area contributed by atoms with Crippen molar-refractivity contribution in [3.05, 3.63) is 48.6 Å². The quantitative estimate of drug-likeness (QED) is 0.216. The molecule has 0 heterocycles. The molecule has 2 amide bonds. The number of rotatable bonds is 17. The van der Waals surface area contributed by atoms with E-state index in [2.05, 4.69) is 17.2 Å². The Kier molecular flexibility index (Phi) is 14.9. The molecule has 0 saturated heterocycles. The van der Waals surface area contributed by atoms with E-state index >= 15 is 0 Å². The van der Waals surface area contributed by atoms with E-state index in [9.17, 15) is 24.0 Å². The Morgan fingerprint density at radius 2 is 1.79 bits per heavy atom. The molecule has 220 valence electrons. The second-order valence-electron chi connectivity index (χ2n) is 11.2. The van der Waals surface area contributed by atoms with Gasteiger partial charge in [-0.05, 0) is 38.4 Å². The highest BCUT2D eigenvalue weighted by Gasteiger charge is 2.31. The molecule has 4 N–H and O–H groups in total. The minimum Gasteiger partial charge on any atom is -0.388 e. The van der Waals surface area contributed by atoms with Gasteiger partial charge >= 0.3 is 0 Å². The highest BCUT2D eigenvalue weighted by Crippen LogP contribution is 2.28. The molecule has 0 bridgehead atoms. The summed E-state index contributed by atoms with van der Waals surface area (Å²) in [6.45, 7) is 6.09. The van der Waals surface area contributed by atoms with Crippen molar-refractivity contribution in [1.82, 2.24) is 15.5 Å². The van der Waals surface area contributed by atoms with Gasteiger partial charge in [0, 0.05) is 35.4 Å². The lowest BCUT2D eigenvalue weighted by Crippen LogP contribution is -2.51. The fraction of sp³-hybridized carbons (Fsp3) is 0.667. The molecule has 8 nitrogen and oxygen atoms in total. The average Bonchev–Trinajstić information content (AvgIpc) is 2.94. The fourth-order valence-corrected chi connectivity index (χ4v) is 6.43. The molecule has 1 fully saturated rings. The van der Waals surface area contributed by atoms with Gasteiger partial charge in [0.25, 0.3) is 0 Å². The predicted octanol–water partition coefficient (Wildman–Crippen LogP) is 2.27. The van der Waals surface area contributed by atoms with Crippen LogP contribution in [-0.2, 0) is 26.8 Å². The Bertz CT molecular complexity index is 907. The molecular weight excluding hydrogens is 514 g/mol. The van der Waals surface area contributed by atoms with Crippen molar-refractivity contribution < 1.29 is 24.0 Å². The van der Waals surface area contributed by atoms with Gasteiger partial charge in [-0.2, -0.15) is 0 Å². The maximum atomic E-state index is 13.2. The van der Waals surface area contributed by atoms with Crippen LogP contribution in [0.2, 0.25) is 0 Å². The van der Waals surface area contributed by atoms with Crippen molar-refractivity contribution in [3.63, 3.8) is 0 Å². The zero-order chi connectivity index (χ0) is 28.8. The van der Waals surface area contributed by atoms with Crippen LogP contribution in [-0.4, -0.2) is 88.1 Å². The van der Waals surface area contributed by atoms with E-state index in [0.29, 0.717) is 31.1 Å². The van der Waals surface area contributed by atoms with E-state index in [4.69, 9.17) is 0 Å². The first-order valence-electron chi connectivity index (χ1n) is 14.2. The summed E-state index contributed by atoms with van der Waals surface area (Å²) >= 11 is 0. The zero-order valence-electron chi connectivity index (χ0n) is 23.9. The molecule has 6 atom stereocenters. The van der Waals surface area contributed by atoms with E-state index < -0.39 is 40.9 Å². The van der Waals surface area contributed by atoms with Crippen LogP contribution in [0.25, 0.3) is 0 Å². The molecule has 39 heavy (non-hydrogen) atoms. The van der Waals surface area contributed by atoms with Crippen LogP contribution in [0.4, 0.5) is 0 Å². The van der Waals surface area contributed by atoms with Crippen molar-refractivity contribution in [2.45, 2.75) is 70.1 Å². The first-order valence-corrected chi connectivity index (χ1v) is 15.7. The standard InChI is InChI=1S/C30H49N3O5S/c1-5-27(34)28(35)26(19-24-14-10-7-11-15-24)32-29(36)22(2)20-31-30(37)25(18-23-12-8-6-9-13-23)21-39(38)17-16-33(3)4/h5-6,8-9,12-13,22,24-28,34-35H,1,7,10-11,14-21H2,2-4H3,(H,31,37)(H,32,36)/t22-,25-,26+,27+,28-,39?/m1/s1. The number of benzene rings is 1. The highest BCUT2D eigenvalue weighted by atomic mass is 32.2. The predicted molar refractivity (Wildman–Crippen MR) is 158 cm³/mol.